The van der Waals surface area contributed by atoms with Crippen LogP contribution in [0, 0.1) is 10.1 Å². The van der Waals surface area contributed by atoms with Crippen LogP contribution in [0.2, 0.25) is 0 Å². The maximum Gasteiger partial charge on any atom is 0.303 e. The van der Waals surface area contributed by atoms with E-state index in [1.54, 1.807) is 6.20 Å². The molecule has 6 nitrogen and oxygen atoms in total. The molecule has 0 bridgehead atoms. The molecule has 0 atom stereocenters. The summed E-state index contributed by atoms with van der Waals surface area (Å²) in [7, 11) is 0. The third-order valence-electron chi connectivity index (χ3n) is 3.75. The number of carbonyl (C=O) groups is 1. The maximum atomic E-state index is 11.5. The van der Waals surface area contributed by atoms with E-state index in [1.165, 1.54) is 6.07 Å². The lowest BCUT2D eigenvalue weighted by Crippen LogP contribution is -1.98. The second-order valence-electron chi connectivity index (χ2n) is 5.25. The summed E-state index contributed by atoms with van der Waals surface area (Å²) >= 11 is 0. The summed E-state index contributed by atoms with van der Waals surface area (Å²) in [5.41, 5.74) is 2.91. The fraction of sp³-hybridized carbons (Fsp3) is 0.118. The van der Waals surface area contributed by atoms with Crippen LogP contribution in [0.25, 0.3) is 22.0 Å². The Morgan fingerprint density at radius 2 is 1.91 bits per heavy atom. The van der Waals surface area contributed by atoms with E-state index < -0.39 is 10.9 Å². The summed E-state index contributed by atoms with van der Waals surface area (Å²) in [4.78, 5) is 24.8. The molecule has 0 aliphatic rings. The molecule has 3 aromatic rings. The van der Waals surface area contributed by atoms with Crippen LogP contribution in [0.3, 0.4) is 0 Å². The number of hydrogen-bond acceptors (Lipinski definition) is 3. The monoisotopic (exact) mass is 310 g/mol. The Kier molecular flexibility index (Phi) is 3.80. The van der Waals surface area contributed by atoms with E-state index in [0.717, 1.165) is 11.1 Å². The number of rotatable bonds is 5. The van der Waals surface area contributed by atoms with E-state index in [0.29, 0.717) is 16.5 Å². The van der Waals surface area contributed by atoms with Gasteiger partial charge >= 0.3 is 5.97 Å². The number of H-pyrrole nitrogens is 1. The molecule has 0 radical (unpaired) electrons. The molecule has 0 unspecified atom stereocenters. The van der Waals surface area contributed by atoms with Crippen molar-refractivity contribution < 1.29 is 14.8 Å². The van der Waals surface area contributed by atoms with Crippen LogP contribution in [0.15, 0.2) is 48.7 Å². The molecule has 2 aromatic carbocycles. The summed E-state index contributed by atoms with van der Waals surface area (Å²) in [6.45, 7) is 0. The van der Waals surface area contributed by atoms with E-state index in [9.17, 15) is 14.9 Å². The molecule has 0 amide bonds. The number of aromatic amines is 1. The Balaban J connectivity index is 2.15. The van der Waals surface area contributed by atoms with Gasteiger partial charge in [0.1, 0.15) is 0 Å². The fourth-order valence-corrected chi connectivity index (χ4v) is 2.70. The van der Waals surface area contributed by atoms with Crippen molar-refractivity contribution in [1.82, 2.24) is 4.98 Å². The second-order valence-corrected chi connectivity index (χ2v) is 5.25. The average Bonchev–Trinajstić information content (AvgIpc) is 2.95. The summed E-state index contributed by atoms with van der Waals surface area (Å²) in [6.07, 6.45) is 1.83. The van der Waals surface area contributed by atoms with Gasteiger partial charge in [-0.3, -0.25) is 14.9 Å². The number of nitrogens with one attached hydrogen (secondary N) is 1. The molecule has 0 fully saturated rings. The SMILES string of the molecule is O=C(O)CCc1c[nH]c2cc(-c3ccccc3)cc([N+](=O)[O-])c12. The second kappa shape index (κ2) is 5.92. The molecule has 116 valence electrons. The molecule has 3 rings (SSSR count). The number of aromatic nitrogens is 1. The number of hydrogen-bond donors (Lipinski definition) is 2. The van der Waals surface area contributed by atoms with Gasteiger partial charge < -0.3 is 10.1 Å². The number of aryl methyl sites for hydroxylation is 1. The number of aliphatic carboxylic acids is 1. The first-order valence-electron chi connectivity index (χ1n) is 7.12. The highest BCUT2D eigenvalue weighted by Crippen LogP contribution is 2.34. The van der Waals surface area contributed by atoms with Gasteiger partial charge in [-0.2, -0.15) is 0 Å². The normalized spacial score (nSPS) is 10.8. The van der Waals surface area contributed by atoms with Crippen molar-refractivity contribution in [3.8, 4) is 11.1 Å². The number of nitro groups is 1. The van der Waals surface area contributed by atoms with Crippen LogP contribution in [0.1, 0.15) is 12.0 Å². The minimum atomic E-state index is -0.928. The van der Waals surface area contributed by atoms with Crippen molar-refractivity contribution in [2.24, 2.45) is 0 Å². The standard InChI is InChI=1S/C17H14N2O4/c20-16(21)7-6-12-10-18-14-8-13(11-4-2-1-3-5-11)9-15(17(12)14)19(22)23/h1-5,8-10,18H,6-7H2,(H,20,21). The molecule has 6 heteroatoms. The third kappa shape index (κ3) is 2.91. The molecule has 0 aliphatic heterocycles. The highest BCUT2D eigenvalue weighted by Gasteiger charge is 2.19. The van der Waals surface area contributed by atoms with Crippen molar-refractivity contribution in [2.75, 3.05) is 0 Å². The highest BCUT2D eigenvalue weighted by atomic mass is 16.6. The van der Waals surface area contributed by atoms with Crippen molar-refractivity contribution in [3.05, 3.63) is 64.3 Å². The molecule has 23 heavy (non-hydrogen) atoms. The smallest absolute Gasteiger partial charge is 0.303 e. The molecule has 2 N–H and O–H groups in total. The molecule has 0 spiro atoms. The summed E-state index contributed by atoms with van der Waals surface area (Å²) in [5, 5.41) is 20.8. The first-order chi connectivity index (χ1) is 11.1. The van der Waals surface area contributed by atoms with Crippen LogP contribution in [-0.4, -0.2) is 21.0 Å². The molecule has 0 saturated heterocycles. The predicted octanol–water partition coefficient (Wildman–Crippen LogP) is 3.76. The van der Waals surface area contributed by atoms with Crippen LogP contribution < -0.4 is 0 Å². The van der Waals surface area contributed by atoms with Gasteiger partial charge in [-0.15, -0.1) is 0 Å². The Bertz CT molecular complexity index is 884. The summed E-state index contributed by atoms with van der Waals surface area (Å²) in [6, 6.07) is 12.8. The highest BCUT2D eigenvalue weighted by molar-refractivity contribution is 5.96. The summed E-state index contributed by atoms with van der Waals surface area (Å²) < 4.78 is 0. The predicted molar refractivity (Wildman–Crippen MR) is 86.3 cm³/mol. The molecule has 0 saturated carbocycles. The van der Waals surface area contributed by atoms with E-state index in [1.807, 2.05) is 36.4 Å². The zero-order valence-corrected chi connectivity index (χ0v) is 12.2. The minimum absolute atomic E-state index is 0.0111. The van der Waals surface area contributed by atoms with Gasteiger partial charge in [0, 0.05) is 18.7 Å². The number of carboxylic acids is 1. The Morgan fingerprint density at radius 3 is 2.57 bits per heavy atom. The van der Waals surface area contributed by atoms with Gasteiger partial charge in [-0.1, -0.05) is 30.3 Å². The summed E-state index contributed by atoms with van der Waals surface area (Å²) in [5.74, 6) is -0.928. The number of nitro benzene ring substituents is 1. The maximum absolute atomic E-state index is 11.5. The fourth-order valence-electron chi connectivity index (χ4n) is 2.70. The Hall–Kier alpha value is -3.15. The van der Waals surface area contributed by atoms with Gasteiger partial charge in [0.05, 0.1) is 15.8 Å². The first-order valence-corrected chi connectivity index (χ1v) is 7.12. The molecule has 1 heterocycles. The number of non-ortho nitro benzene ring substituents is 1. The quantitative estimate of drug-likeness (QED) is 0.554. The number of carboxylic acid groups (broad SMARTS) is 1. The zero-order chi connectivity index (χ0) is 16.4. The number of benzene rings is 2. The van der Waals surface area contributed by atoms with Crippen molar-refractivity contribution in [3.63, 3.8) is 0 Å². The van der Waals surface area contributed by atoms with E-state index in [2.05, 4.69) is 4.98 Å². The van der Waals surface area contributed by atoms with Crippen molar-refractivity contribution in [1.29, 1.82) is 0 Å². The number of fused-ring (bicyclic) bond motifs is 1. The van der Waals surface area contributed by atoms with Gasteiger partial charge in [0.15, 0.2) is 0 Å². The molecular weight excluding hydrogens is 296 g/mol. The third-order valence-corrected chi connectivity index (χ3v) is 3.75. The largest absolute Gasteiger partial charge is 0.481 e. The van der Waals surface area contributed by atoms with Gasteiger partial charge in [0.2, 0.25) is 0 Å². The molecular formula is C17H14N2O4. The van der Waals surface area contributed by atoms with Gasteiger partial charge in [-0.25, -0.2) is 0 Å². The Morgan fingerprint density at radius 1 is 1.17 bits per heavy atom. The Labute approximate surface area is 131 Å². The van der Waals surface area contributed by atoms with E-state index >= 15 is 0 Å². The first kappa shape index (κ1) is 14.8. The van der Waals surface area contributed by atoms with Crippen molar-refractivity contribution in [2.45, 2.75) is 12.8 Å². The van der Waals surface area contributed by atoms with Crippen LogP contribution in [0.5, 0.6) is 0 Å². The lowest BCUT2D eigenvalue weighted by atomic mass is 10.0. The zero-order valence-electron chi connectivity index (χ0n) is 12.2. The lowest BCUT2D eigenvalue weighted by Gasteiger charge is -2.04. The van der Waals surface area contributed by atoms with Gasteiger partial charge in [-0.05, 0) is 29.2 Å². The average molecular weight is 310 g/mol. The number of nitrogens with zero attached hydrogens (tertiary/aromatic N) is 1. The van der Waals surface area contributed by atoms with Crippen LogP contribution >= 0.6 is 0 Å². The van der Waals surface area contributed by atoms with Crippen molar-refractivity contribution >= 4 is 22.6 Å². The minimum Gasteiger partial charge on any atom is -0.481 e. The lowest BCUT2D eigenvalue weighted by molar-refractivity contribution is -0.383. The molecule has 0 aliphatic carbocycles. The topological polar surface area (TPSA) is 96.2 Å². The van der Waals surface area contributed by atoms with Crippen LogP contribution in [-0.2, 0) is 11.2 Å². The van der Waals surface area contributed by atoms with E-state index in [4.69, 9.17) is 5.11 Å². The van der Waals surface area contributed by atoms with Crippen LogP contribution in [0.4, 0.5) is 5.69 Å². The molecule has 1 aromatic heterocycles. The van der Waals surface area contributed by atoms with E-state index in [-0.39, 0.29) is 18.5 Å². The van der Waals surface area contributed by atoms with Gasteiger partial charge in [0.25, 0.3) is 5.69 Å².